The van der Waals surface area contributed by atoms with Gasteiger partial charge < -0.3 is 14.7 Å². The van der Waals surface area contributed by atoms with E-state index in [1.807, 2.05) is 18.2 Å². The quantitative estimate of drug-likeness (QED) is 0.343. The molecule has 0 saturated carbocycles. The summed E-state index contributed by atoms with van der Waals surface area (Å²) >= 11 is 0. The third-order valence-corrected chi connectivity index (χ3v) is 4.84. The van der Waals surface area contributed by atoms with Gasteiger partial charge in [0.25, 0.3) is 0 Å². The van der Waals surface area contributed by atoms with Crippen molar-refractivity contribution in [3.63, 3.8) is 0 Å². The Morgan fingerprint density at radius 1 is 1.17 bits per heavy atom. The minimum Gasteiger partial charge on any atom is -0.365 e. The molecule has 5 nitrogen and oxygen atoms in total. The Hall–Kier alpha value is -2.06. The van der Waals surface area contributed by atoms with Crippen LogP contribution in [0, 0.1) is 11.3 Å². The van der Waals surface area contributed by atoms with Gasteiger partial charge in [-0.1, -0.05) is 18.2 Å². The lowest BCUT2D eigenvalue weighted by atomic mass is 10.2. The van der Waals surface area contributed by atoms with Crippen molar-refractivity contribution in [3.05, 3.63) is 30.3 Å². The number of hydrogen-bond acceptors (Lipinski definition) is 3. The summed E-state index contributed by atoms with van der Waals surface area (Å²) in [6, 6.07) is 12.6. The van der Waals surface area contributed by atoms with Crippen LogP contribution in [-0.4, -0.2) is 56.7 Å². The number of quaternary nitrogens is 1. The van der Waals surface area contributed by atoms with Gasteiger partial charge in [-0.25, -0.2) is 0 Å². The maximum Gasteiger partial charge on any atom is 0.207 e. The van der Waals surface area contributed by atoms with Crippen LogP contribution in [0.5, 0.6) is 0 Å². The Morgan fingerprint density at radius 2 is 1.88 bits per heavy atom. The van der Waals surface area contributed by atoms with E-state index in [9.17, 15) is 4.79 Å². The second-order valence-corrected chi connectivity index (χ2v) is 6.08. The van der Waals surface area contributed by atoms with Crippen molar-refractivity contribution < 1.29 is 9.28 Å². The molecule has 0 spiro atoms. The van der Waals surface area contributed by atoms with Gasteiger partial charge in [0.15, 0.2) is 0 Å². The van der Waals surface area contributed by atoms with Crippen LogP contribution in [0.15, 0.2) is 30.3 Å². The van der Waals surface area contributed by atoms with Gasteiger partial charge in [-0.2, -0.15) is 5.26 Å². The number of carbonyl (C=O) groups excluding carboxylic acids is 1. The number of amides is 1. The van der Waals surface area contributed by atoms with E-state index in [2.05, 4.69) is 42.3 Å². The summed E-state index contributed by atoms with van der Waals surface area (Å²) in [7, 11) is 0. The molecule has 0 aliphatic rings. The van der Waals surface area contributed by atoms with Crippen LogP contribution >= 0.6 is 0 Å². The fraction of sp³-hybridized carbons (Fsp3) is 0.579. The number of carbonyl (C=O) groups is 1. The molecular formula is C19H31N4O+. The third kappa shape index (κ3) is 6.59. The van der Waals surface area contributed by atoms with Gasteiger partial charge in [0.05, 0.1) is 45.2 Å². The van der Waals surface area contributed by atoms with E-state index in [1.165, 1.54) is 5.69 Å². The second kappa shape index (κ2) is 11.5. The number of anilines is 1. The molecule has 0 unspecified atom stereocenters. The van der Waals surface area contributed by atoms with E-state index in [1.54, 1.807) is 0 Å². The summed E-state index contributed by atoms with van der Waals surface area (Å²) in [6.07, 6.45) is 2.30. The topological polar surface area (TPSA) is 56.1 Å². The smallest absolute Gasteiger partial charge is 0.207 e. The molecule has 1 rings (SSSR count). The van der Waals surface area contributed by atoms with Gasteiger partial charge in [-0.3, -0.25) is 4.79 Å². The number of nitrogens with zero attached hydrogens (tertiary/aromatic N) is 3. The number of hydrogen-bond donors (Lipinski definition) is 1. The minimum absolute atomic E-state index is 0.538. The average Bonchev–Trinajstić information content (AvgIpc) is 2.64. The lowest BCUT2D eigenvalue weighted by Gasteiger charge is -2.39. The van der Waals surface area contributed by atoms with Gasteiger partial charge in [-0.15, -0.1) is 0 Å². The molecule has 24 heavy (non-hydrogen) atoms. The van der Waals surface area contributed by atoms with Gasteiger partial charge >= 0.3 is 0 Å². The summed E-state index contributed by atoms with van der Waals surface area (Å²) < 4.78 is 1.04. The first-order valence-electron chi connectivity index (χ1n) is 8.90. The predicted octanol–water partition coefficient (Wildman–Crippen LogP) is 2.40. The first kappa shape index (κ1) is 20.0. The lowest BCUT2D eigenvalue weighted by Crippen LogP contribution is -2.52. The summed E-state index contributed by atoms with van der Waals surface area (Å²) in [4.78, 5) is 12.7. The highest BCUT2D eigenvalue weighted by molar-refractivity contribution is 5.46. The van der Waals surface area contributed by atoms with Crippen molar-refractivity contribution >= 4 is 12.1 Å². The number of benzene rings is 1. The zero-order chi connectivity index (χ0) is 17.7. The van der Waals surface area contributed by atoms with Crippen molar-refractivity contribution in [2.24, 2.45) is 0 Å². The van der Waals surface area contributed by atoms with Crippen molar-refractivity contribution in [2.45, 2.75) is 26.7 Å². The molecular weight excluding hydrogens is 300 g/mol. The molecule has 0 radical (unpaired) electrons. The molecule has 0 atom stereocenters. The van der Waals surface area contributed by atoms with Gasteiger partial charge in [0.2, 0.25) is 6.41 Å². The van der Waals surface area contributed by atoms with E-state index >= 15 is 0 Å². The van der Waals surface area contributed by atoms with Crippen molar-refractivity contribution in [2.75, 3.05) is 50.7 Å². The predicted molar refractivity (Wildman–Crippen MR) is 98.6 cm³/mol. The molecule has 132 valence electrons. The van der Waals surface area contributed by atoms with Crippen molar-refractivity contribution in [1.29, 1.82) is 5.26 Å². The third-order valence-electron chi connectivity index (χ3n) is 4.84. The molecule has 0 heterocycles. The van der Waals surface area contributed by atoms with Crippen molar-refractivity contribution in [3.8, 4) is 6.07 Å². The van der Waals surface area contributed by atoms with E-state index in [4.69, 9.17) is 5.26 Å². The largest absolute Gasteiger partial charge is 0.365 e. The second-order valence-electron chi connectivity index (χ2n) is 6.08. The highest BCUT2D eigenvalue weighted by atomic mass is 16.1. The summed E-state index contributed by atoms with van der Waals surface area (Å²) in [5.74, 6) is 0. The normalized spacial score (nSPS) is 10.9. The van der Waals surface area contributed by atoms with Crippen LogP contribution in [-0.2, 0) is 4.79 Å². The van der Waals surface area contributed by atoms with E-state index in [-0.39, 0.29) is 0 Å². The van der Waals surface area contributed by atoms with Crippen LogP contribution in [0.25, 0.3) is 0 Å². The Morgan fingerprint density at radius 3 is 2.46 bits per heavy atom. The first-order valence-corrected chi connectivity index (χ1v) is 8.90. The molecule has 0 aliphatic carbocycles. The number of para-hydroxylation sites is 1. The van der Waals surface area contributed by atoms with Crippen LogP contribution in [0.2, 0.25) is 0 Å². The summed E-state index contributed by atoms with van der Waals surface area (Å²) in [6.45, 7) is 11.2. The summed E-state index contributed by atoms with van der Waals surface area (Å²) in [5.41, 5.74) is 1.18. The Bertz CT molecular complexity index is 494. The molecule has 0 aromatic heterocycles. The minimum atomic E-state index is 0.538. The zero-order valence-electron chi connectivity index (χ0n) is 15.1. The molecule has 0 fully saturated rings. The molecule has 0 aliphatic heterocycles. The molecule has 0 saturated heterocycles. The Labute approximate surface area is 146 Å². The monoisotopic (exact) mass is 331 g/mol. The van der Waals surface area contributed by atoms with E-state index in [0.717, 1.165) is 63.1 Å². The van der Waals surface area contributed by atoms with Crippen LogP contribution < -0.4 is 10.2 Å². The fourth-order valence-corrected chi connectivity index (χ4v) is 3.07. The summed E-state index contributed by atoms with van der Waals surface area (Å²) in [5, 5.41) is 11.7. The first-order chi connectivity index (χ1) is 11.7. The van der Waals surface area contributed by atoms with E-state index in [0.29, 0.717) is 6.42 Å². The average molecular weight is 331 g/mol. The van der Waals surface area contributed by atoms with Crippen LogP contribution in [0.1, 0.15) is 26.7 Å². The Kier molecular flexibility index (Phi) is 9.55. The standard InChI is InChI=1S/C19H30N4O/c1-3-23(4-2,16-9-13-21-18-24)17-15-22(14-8-12-20)19-10-6-5-7-11-19/h5-7,10-11,18H,3-4,8-9,13-17H2,1-2H3/p+1. The number of rotatable bonds is 13. The molecule has 1 N–H and O–H groups in total. The molecule has 1 amide bonds. The highest BCUT2D eigenvalue weighted by Crippen LogP contribution is 2.15. The lowest BCUT2D eigenvalue weighted by molar-refractivity contribution is -0.923. The number of nitriles is 1. The van der Waals surface area contributed by atoms with Crippen LogP contribution in [0.3, 0.4) is 0 Å². The molecule has 0 bridgehead atoms. The molecule has 5 heteroatoms. The maximum absolute atomic E-state index is 10.4. The Balaban J connectivity index is 2.69. The zero-order valence-corrected chi connectivity index (χ0v) is 15.1. The molecule has 1 aromatic carbocycles. The SMILES string of the molecule is CC[N+](CC)(CCCNC=O)CCN(CCC#N)c1ccccc1. The number of nitrogens with one attached hydrogen (secondary N) is 1. The number of likely N-dealkylation sites (N-methyl/N-ethyl adjacent to an activating group) is 1. The van der Waals surface area contributed by atoms with Crippen molar-refractivity contribution in [1.82, 2.24) is 5.32 Å². The van der Waals surface area contributed by atoms with Crippen LogP contribution in [0.4, 0.5) is 5.69 Å². The van der Waals surface area contributed by atoms with E-state index < -0.39 is 0 Å². The fourth-order valence-electron chi connectivity index (χ4n) is 3.07. The van der Waals surface area contributed by atoms with Gasteiger partial charge in [-0.05, 0) is 26.0 Å². The maximum atomic E-state index is 10.4. The highest BCUT2D eigenvalue weighted by Gasteiger charge is 2.23. The van der Waals surface area contributed by atoms with Gasteiger partial charge in [0, 0.05) is 25.2 Å². The van der Waals surface area contributed by atoms with Gasteiger partial charge in [0.1, 0.15) is 0 Å². The molecule has 1 aromatic rings.